The van der Waals surface area contributed by atoms with Gasteiger partial charge in [-0.3, -0.25) is 0 Å². The molecule has 0 rings (SSSR count). The number of hydrogen-bond donors (Lipinski definition) is 0. The van der Waals surface area contributed by atoms with Gasteiger partial charge in [-0.25, -0.2) is 0 Å². The number of unbranched alkanes of at least 4 members (excludes halogenated alkanes) is 1. The van der Waals surface area contributed by atoms with Gasteiger partial charge in [0.2, 0.25) is 0 Å². The van der Waals surface area contributed by atoms with Crippen molar-refractivity contribution in [1.29, 1.82) is 0 Å². The third-order valence-electron chi connectivity index (χ3n) is 2.88. The molecule has 0 atom stereocenters. The first-order valence-electron chi connectivity index (χ1n) is 5.13. The Bertz CT molecular complexity index is 247. The first-order valence-corrected chi connectivity index (χ1v) is 5.13. The zero-order chi connectivity index (χ0) is 12.3. The van der Waals surface area contributed by atoms with Crippen LogP contribution < -0.4 is 91.2 Å². The molecule has 0 aromatic rings. The van der Waals surface area contributed by atoms with Crippen molar-refractivity contribution in [2.45, 2.75) is 47.0 Å². The van der Waals surface area contributed by atoms with Crippen LogP contribution in [-0.4, -0.2) is 11.9 Å². The van der Waals surface area contributed by atoms with E-state index in [1.54, 1.807) is 20.8 Å². The molecule has 0 aromatic carbocycles. The summed E-state index contributed by atoms with van der Waals surface area (Å²) in [5.41, 5.74) is -2.82. The summed E-state index contributed by atoms with van der Waals surface area (Å²) in [6, 6.07) is 0. The number of aliphatic carboxylic acids is 2. The smallest absolute Gasteiger partial charge is 0.549 e. The number of carbonyl (C=O) groups is 2. The fraction of sp³-hybridized carbons (Fsp3) is 0.818. The Morgan fingerprint density at radius 1 is 1.06 bits per heavy atom. The molecule has 0 saturated carbocycles. The molecule has 0 unspecified atom stereocenters. The molecule has 0 aliphatic carbocycles. The minimum atomic E-state index is -1.90. The van der Waals surface area contributed by atoms with Crippen LogP contribution in [0.5, 0.6) is 0 Å². The van der Waals surface area contributed by atoms with Gasteiger partial charge in [0.15, 0.2) is 0 Å². The Hall–Kier alpha value is 1.58. The van der Waals surface area contributed by atoms with Gasteiger partial charge in [-0.2, -0.15) is 0 Å². The van der Waals surface area contributed by atoms with E-state index in [-0.39, 0.29) is 87.4 Å². The second-order valence-electron chi connectivity index (χ2n) is 4.83. The molecule has 0 saturated heterocycles. The predicted octanol–water partition coefficient (Wildman–Crippen LogP) is -6.28. The van der Waals surface area contributed by atoms with E-state index in [1.165, 1.54) is 0 Å². The van der Waals surface area contributed by atoms with Crippen LogP contribution >= 0.6 is 0 Å². The van der Waals surface area contributed by atoms with Crippen LogP contribution in [0.25, 0.3) is 0 Å². The van der Waals surface area contributed by atoms with Crippen molar-refractivity contribution in [1.82, 2.24) is 0 Å². The fourth-order valence-electron chi connectivity index (χ4n) is 1.72. The summed E-state index contributed by atoms with van der Waals surface area (Å²) in [5, 5.41) is 22.2. The quantitative estimate of drug-likeness (QED) is 0.369. The van der Waals surface area contributed by atoms with E-state index in [0.717, 1.165) is 6.42 Å². The van der Waals surface area contributed by atoms with Crippen LogP contribution in [0.3, 0.4) is 0 Å². The van der Waals surface area contributed by atoms with Gasteiger partial charge in [0, 0.05) is 0 Å². The normalized spacial score (nSPS) is 11.1. The van der Waals surface area contributed by atoms with E-state index >= 15 is 0 Å². The molecule has 0 N–H and O–H groups in total. The molecule has 0 radical (unpaired) electrons. The summed E-state index contributed by atoms with van der Waals surface area (Å²) in [6.07, 6.45) is 1.31. The Morgan fingerprint density at radius 2 is 1.41 bits per heavy atom. The standard InChI is InChI=1S/C11H20O4.K.Na/c1-5-6-7-11(8(12)13,9(14)15)10(2,3)4;;/h5-7H2,1-4H3,(H,12,13)(H,14,15);;/q;2*+1/p-2. The maximum absolute atomic E-state index is 11.1. The SMILES string of the molecule is CCCCC(C(=O)[O-])(C(=O)[O-])C(C)(C)C.[K+].[Na+]. The van der Waals surface area contributed by atoms with Crippen molar-refractivity contribution >= 4 is 11.9 Å². The molecule has 88 valence electrons. The van der Waals surface area contributed by atoms with Crippen LogP contribution in [0, 0.1) is 10.8 Å². The monoisotopic (exact) mass is 276 g/mol. The van der Waals surface area contributed by atoms with Crippen molar-refractivity contribution in [3.05, 3.63) is 0 Å². The number of rotatable bonds is 5. The predicted molar refractivity (Wildman–Crippen MR) is 51.4 cm³/mol. The van der Waals surface area contributed by atoms with E-state index < -0.39 is 22.8 Å². The Labute approximate surface area is 168 Å². The van der Waals surface area contributed by atoms with Gasteiger partial charge in [0.05, 0.1) is 17.4 Å². The summed E-state index contributed by atoms with van der Waals surface area (Å²) < 4.78 is 0. The van der Waals surface area contributed by atoms with Gasteiger partial charge in [0.25, 0.3) is 0 Å². The summed E-state index contributed by atoms with van der Waals surface area (Å²) in [5.74, 6) is -3.10. The Kier molecular flexibility index (Phi) is 13.2. The number of carboxylic acid groups (broad SMARTS) is 2. The van der Waals surface area contributed by atoms with Crippen LogP contribution in [-0.2, 0) is 9.59 Å². The molecular formula is C11H18KNaO4. The fourth-order valence-corrected chi connectivity index (χ4v) is 1.72. The first-order chi connectivity index (χ1) is 6.70. The molecule has 0 fully saturated rings. The summed E-state index contributed by atoms with van der Waals surface area (Å²) in [6.45, 7) is 6.61. The van der Waals surface area contributed by atoms with Crippen LogP contribution in [0.15, 0.2) is 0 Å². The molecular weight excluding hydrogens is 258 g/mol. The van der Waals surface area contributed by atoms with Gasteiger partial charge in [-0.15, -0.1) is 0 Å². The van der Waals surface area contributed by atoms with Gasteiger partial charge in [-0.05, 0) is 11.8 Å². The van der Waals surface area contributed by atoms with E-state index in [0.29, 0.717) is 6.42 Å². The average Bonchev–Trinajstić information content (AvgIpc) is 2.01. The second kappa shape index (κ2) is 9.48. The van der Waals surface area contributed by atoms with Gasteiger partial charge in [0.1, 0.15) is 0 Å². The summed E-state index contributed by atoms with van der Waals surface area (Å²) in [4.78, 5) is 22.2. The van der Waals surface area contributed by atoms with E-state index in [9.17, 15) is 19.8 Å². The Balaban J connectivity index is -0.000000980. The molecule has 17 heavy (non-hydrogen) atoms. The van der Waals surface area contributed by atoms with Gasteiger partial charge < -0.3 is 19.8 Å². The van der Waals surface area contributed by atoms with Crippen LogP contribution in [0.1, 0.15) is 47.0 Å². The number of carboxylic acids is 2. The number of hydrogen-bond acceptors (Lipinski definition) is 4. The molecule has 0 aliphatic heterocycles. The molecule has 0 aromatic heterocycles. The van der Waals surface area contributed by atoms with E-state index in [1.807, 2.05) is 6.92 Å². The average molecular weight is 276 g/mol. The topological polar surface area (TPSA) is 80.3 Å². The van der Waals surface area contributed by atoms with Crippen LogP contribution in [0.2, 0.25) is 0 Å². The zero-order valence-corrected chi connectivity index (χ0v) is 16.9. The number of carbonyl (C=O) groups excluding carboxylic acids is 2. The molecule has 0 amide bonds. The minimum absolute atomic E-state index is 0. The molecule has 0 aliphatic rings. The first kappa shape index (κ1) is 23.7. The maximum atomic E-state index is 11.1. The third kappa shape index (κ3) is 5.61. The van der Waals surface area contributed by atoms with E-state index in [4.69, 9.17) is 0 Å². The van der Waals surface area contributed by atoms with Gasteiger partial charge >= 0.3 is 80.9 Å². The van der Waals surface area contributed by atoms with Crippen LogP contribution in [0.4, 0.5) is 0 Å². The molecule has 4 nitrogen and oxygen atoms in total. The summed E-state index contributed by atoms with van der Waals surface area (Å²) >= 11 is 0. The summed E-state index contributed by atoms with van der Waals surface area (Å²) in [7, 11) is 0. The third-order valence-corrected chi connectivity index (χ3v) is 2.88. The minimum Gasteiger partial charge on any atom is -0.549 e. The molecule has 6 heteroatoms. The maximum Gasteiger partial charge on any atom is 1.00 e. The largest absolute Gasteiger partial charge is 1.00 e. The van der Waals surface area contributed by atoms with Crippen molar-refractivity contribution in [3.8, 4) is 0 Å². The van der Waals surface area contributed by atoms with Crippen molar-refractivity contribution in [2.75, 3.05) is 0 Å². The van der Waals surface area contributed by atoms with Gasteiger partial charge in [-0.1, -0.05) is 40.5 Å². The van der Waals surface area contributed by atoms with Crippen molar-refractivity contribution in [2.24, 2.45) is 10.8 Å². The molecule has 0 bridgehead atoms. The zero-order valence-electron chi connectivity index (χ0n) is 11.8. The second-order valence-corrected chi connectivity index (χ2v) is 4.83. The van der Waals surface area contributed by atoms with E-state index in [2.05, 4.69) is 0 Å². The Morgan fingerprint density at radius 3 is 1.59 bits per heavy atom. The van der Waals surface area contributed by atoms with Crippen molar-refractivity contribution < 1.29 is 101 Å². The molecule has 0 heterocycles. The molecule has 0 spiro atoms. The van der Waals surface area contributed by atoms with Crippen molar-refractivity contribution in [3.63, 3.8) is 0 Å².